The van der Waals surface area contributed by atoms with Crippen LogP contribution in [-0.4, -0.2) is 9.97 Å². The van der Waals surface area contributed by atoms with Gasteiger partial charge in [0, 0.05) is 15.3 Å². The van der Waals surface area contributed by atoms with Gasteiger partial charge in [-0.1, -0.05) is 11.6 Å². The zero-order valence-electron chi connectivity index (χ0n) is 9.51. The average molecular weight is 456 g/mol. The summed E-state index contributed by atoms with van der Waals surface area (Å²) in [6, 6.07) is 2.06. The van der Waals surface area contributed by atoms with E-state index in [2.05, 4.69) is 56.5 Å². The van der Waals surface area contributed by atoms with Crippen LogP contribution in [0.5, 0.6) is 0 Å². The van der Waals surface area contributed by atoms with E-state index in [4.69, 9.17) is 16.6 Å². The molecule has 0 spiro atoms. The van der Waals surface area contributed by atoms with E-state index in [9.17, 15) is 0 Å². The van der Waals surface area contributed by atoms with Crippen molar-refractivity contribution in [2.45, 2.75) is 25.7 Å². The Bertz CT molecular complexity index is 605. The first-order valence-corrected chi connectivity index (χ1v) is 8.62. The SMILES string of the molecule is Cc1sc(-c2nc(Cl)c(I)c(C3CC3)n2)cc1Br. The van der Waals surface area contributed by atoms with Crippen molar-refractivity contribution < 1.29 is 0 Å². The maximum Gasteiger partial charge on any atom is 0.171 e. The summed E-state index contributed by atoms with van der Waals surface area (Å²) in [5.41, 5.74) is 1.12. The Morgan fingerprint density at radius 3 is 2.72 bits per heavy atom. The molecule has 1 saturated carbocycles. The number of aromatic nitrogens is 2. The fraction of sp³-hybridized carbons (Fsp3) is 0.333. The molecule has 0 bridgehead atoms. The van der Waals surface area contributed by atoms with Crippen molar-refractivity contribution in [1.29, 1.82) is 0 Å². The second kappa shape index (κ2) is 5.00. The van der Waals surface area contributed by atoms with E-state index in [1.165, 1.54) is 17.7 Å². The van der Waals surface area contributed by atoms with Gasteiger partial charge in [0.05, 0.1) is 14.1 Å². The first-order valence-electron chi connectivity index (χ1n) is 5.55. The molecule has 1 aliphatic carbocycles. The lowest BCUT2D eigenvalue weighted by Crippen LogP contribution is -1.98. The molecular formula is C12H9BrClIN2S. The highest BCUT2D eigenvalue weighted by molar-refractivity contribution is 14.1. The summed E-state index contributed by atoms with van der Waals surface area (Å²) >= 11 is 13.7. The second-order valence-electron chi connectivity index (χ2n) is 4.33. The van der Waals surface area contributed by atoms with E-state index in [1.807, 2.05) is 0 Å². The molecule has 1 aliphatic rings. The third kappa shape index (κ3) is 2.46. The van der Waals surface area contributed by atoms with Crippen molar-refractivity contribution in [2.75, 3.05) is 0 Å². The van der Waals surface area contributed by atoms with Crippen LogP contribution < -0.4 is 0 Å². The zero-order valence-corrected chi connectivity index (χ0v) is 14.8. The minimum atomic E-state index is 0.574. The lowest BCUT2D eigenvalue weighted by atomic mass is 10.3. The van der Waals surface area contributed by atoms with Crippen LogP contribution in [0.2, 0.25) is 5.15 Å². The smallest absolute Gasteiger partial charge is 0.171 e. The fourth-order valence-corrected chi connectivity index (χ4v) is 4.07. The molecule has 2 nitrogen and oxygen atoms in total. The molecular weight excluding hydrogens is 446 g/mol. The molecule has 0 saturated heterocycles. The summed E-state index contributed by atoms with van der Waals surface area (Å²) in [5.74, 6) is 1.33. The molecule has 2 heterocycles. The van der Waals surface area contributed by atoms with Gasteiger partial charge in [-0.2, -0.15) is 0 Å². The zero-order chi connectivity index (χ0) is 12.9. The fourth-order valence-electron chi connectivity index (χ4n) is 1.74. The molecule has 0 atom stereocenters. The van der Waals surface area contributed by atoms with Crippen LogP contribution in [0.1, 0.15) is 29.3 Å². The van der Waals surface area contributed by atoms with Crippen LogP contribution in [0.3, 0.4) is 0 Å². The quantitative estimate of drug-likeness (QED) is 0.447. The Kier molecular flexibility index (Phi) is 3.68. The van der Waals surface area contributed by atoms with Crippen LogP contribution in [-0.2, 0) is 0 Å². The highest BCUT2D eigenvalue weighted by atomic mass is 127. The van der Waals surface area contributed by atoms with Crippen molar-refractivity contribution in [3.05, 3.63) is 29.8 Å². The van der Waals surface area contributed by atoms with Gasteiger partial charge in [0.15, 0.2) is 5.82 Å². The Hall–Kier alpha value is 0.280. The number of hydrogen-bond acceptors (Lipinski definition) is 3. The molecule has 6 heteroatoms. The van der Waals surface area contributed by atoms with Crippen molar-refractivity contribution >= 4 is 61.5 Å². The molecule has 3 rings (SSSR count). The predicted molar refractivity (Wildman–Crippen MR) is 87.5 cm³/mol. The summed E-state index contributed by atoms with van der Waals surface area (Å²) in [6.45, 7) is 2.08. The standard InChI is InChI=1S/C12H9BrClIN2S/c1-5-7(13)4-8(18-5)12-16-10(6-2-3-6)9(15)11(14)17-12/h4,6H,2-3H2,1H3. The van der Waals surface area contributed by atoms with E-state index in [-0.39, 0.29) is 0 Å². The van der Waals surface area contributed by atoms with Gasteiger partial charge in [-0.3, -0.25) is 0 Å². The van der Waals surface area contributed by atoms with E-state index in [0.29, 0.717) is 11.1 Å². The number of nitrogens with zero attached hydrogens (tertiary/aromatic N) is 2. The van der Waals surface area contributed by atoms with Crippen molar-refractivity contribution in [1.82, 2.24) is 9.97 Å². The summed E-state index contributed by atoms with van der Waals surface area (Å²) in [6.07, 6.45) is 2.44. The molecule has 2 aromatic heterocycles. The summed E-state index contributed by atoms with van der Waals surface area (Å²) in [7, 11) is 0. The van der Waals surface area contributed by atoms with Gasteiger partial charge in [0.25, 0.3) is 0 Å². The first kappa shape index (κ1) is 13.3. The maximum absolute atomic E-state index is 6.22. The largest absolute Gasteiger partial charge is 0.231 e. The number of hydrogen-bond donors (Lipinski definition) is 0. The van der Waals surface area contributed by atoms with Crippen LogP contribution in [0.4, 0.5) is 0 Å². The maximum atomic E-state index is 6.22. The lowest BCUT2D eigenvalue weighted by molar-refractivity contribution is 0.980. The molecule has 0 unspecified atom stereocenters. The van der Waals surface area contributed by atoms with Crippen molar-refractivity contribution in [3.8, 4) is 10.7 Å². The third-order valence-electron chi connectivity index (χ3n) is 2.88. The van der Waals surface area contributed by atoms with E-state index in [1.54, 1.807) is 11.3 Å². The van der Waals surface area contributed by atoms with E-state index >= 15 is 0 Å². The number of aryl methyl sites for hydroxylation is 1. The van der Waals surface area contributed by atoms with Gasteiger partial charge in [-0.05, 0) is 64.4 Å². The number of thiophene rings is 1. The van der Waals surface area contributed by atoms with Crippen molar-refractivity contribution in [2.24, 2.45) is 0 Å². The lowest BCUT2D eigenvalue weighted by Gasteiger charge is -2.05. The van der Waals surface area contributed by atoms with Gasteiger partial charge in [-0.25, -0.2) is 9.97 Å². The Morgan fingerprint density at radius 1 is 1.44 bits per heavy atom. The second-order valence-corrected chi connectivity index (χ2v) is 7.87. The molecule has 0 N–H and O–H groups in total. The summed E-state index contributed by atoms with van der Waals surface area (Å²) in [5, 5.41) is 0.574. The van der Waals surface area contributed by atoms with Gasteiger partial charge in [-0.15, -0.1) is 11.3 Å². The highest BCUT2D eigenvalue weighted by Gasteiger charge is 2.29. The normalized spacial score (nSPS) is 15.1. The summed E-state index contributed by atoms with van der Waals surface area (Å²) in [4.78, 5) is 11.4. The first-order chi connectivity index (χ1) is 8.56. The molecule has 1 fully saturated rings. The van der Waals surface area contributed by atoms with Gasteiger partial charge in [0.2, 0.25) is 0 Å². The average Bonchev–Trinajstić information content (AvgIpc) is 3.10. The topological polar surface area (TPSA) is 25.8 Å². The third-order valence-corrected chi connectivity index (χ3v) is 6.67. The van der Waals surface area contributed by atoms with Crippen LogP contribution in [0, 0.1) is 10.5 Å². The molecule has 0 amide bonds. The minimum Gasteiger partial charge on any atom is -0.231 e. The van der Waals surface area contributed by atoms with Crippen LogP contribution >= 0.6 is 61.5 Å². The number of rotatable bonds is 2. The van der Waals surface area contributed by atoms with E-state index in [0.717, 1.165) is 24.4 Å². The van der Waals surface area contributed by atoms with Crippen molar-refractivity contribution in [3.63, 3.8) is 0 Å². The molecule has 94 valence electrons. The van der Waals surface area contributed by atoms with Gasteiger partial charge >= 0.3 is 0 Å². The highest BCUT2D eigenvalue weighted by Crippen LogP contribution is 2.43. The minimum absolute atomic E-state index is 0.574. The van der Waals surface area contributed by atoms with Gasteiger partial charge < -0.3 is 0 Å². The van der Waals surface area contributed by atoms with E-state index < -0.39 is 0 Å². The Morgan fingerprint density at radius 2 is 2.17 bits per heavy atom. The molecule has 18 heavy (non-hydrogen) atoms. The monoisotopic (exact) mass is 454 g/mol. The van der Waals surface area contributed by atoms with Crippen LogP contribution in [0.25, 0.3) is 10.7 Å². The van der Waals surface area contributed by atoms with Crippen LogP contribution in [0.15, 0.2) is 10.5 Å². The van der Waals surface area contributed by atoms with Gasteiger partial charge in [0.1, 0.15) is 5.15 Å². The Labute approximate surface area is 136 Å². The number of halogens is 3. The predicted octanol–water partition coefficient (Wildman–Crippen LogP) is 5.41. The molecule has 0 radical (unpaired) electrons. The summed E-state index contributed by atoms with van der Waals surface area (Å²) < 4.78 is 2.11. The molecule has 2 aromatic rings. The molecule has 0 aromatic carbocycles. The molecule has 0 aliphatic heterocycles. The Balaban J connectivity index is 2.12.